The van der Waals surface area contributed by atoms with Crippen LogP contribution in [0.5, 0.6) is 0 Å². The Kier molecular flexibility index (Phi) is 3.81. The van der Waals surface area contributed by atoms with Crippen LogP contribution in [-0.4, -0.2) is 19.5 Å². The van der Waals surface area contributed by atoms with Crippen molar-refractivity contribution in [2.75, 3.05) is 6.54 Å². The van der Waals surface area contributed by atoms with Crippen LogP contribution in [0, 0.1) is 5.92 Å². The molecule has 1 saturated heterocycles. The van der Waals surface area contributed by atoms with Crippen molar-refractivity contribution in [3.05, 3.63) is 53.9 Å². The fourth-order valence-corrected chi connectivity index (χ4v) is 14.5. The molecule has 0 radical (unpaired) electrons. The normalized spacial score (nSPS) is 27.8. The predicted octanol–water partition coefficient (Wildman–Crippen LogP) is 5.22. The Balaban J connectivity index is 1.91. The molecule has 1 fully saturated rings. The van der Waals surface area contributed by atoms with E-state index in [0.717, 1.165) is 24.4 Å². The average Bonchev–Trinajstić information content (AvgIpc) is 3.14. The van der Waals surface area contributed by atoms with Crippen molar-refractivity contribution in [3.8, 4) is 0 Å². The molecule has 1 nitrogen and oxygen atoms in total. The first kappa shape index (κ1) is 15.7. The second-order valence-electron chi connectivity index (χ2n) is 6.88. The summed E-state index contributed by atoms with van der Waals surface area (Å²) in [6.45, 7) is 8.29. The second kappa shape index (κ2) is 5.34. The van der Waals surface area contributed by atoms with E-state index in [1.54, 1.807) is 10.4 Å². The summed E-state index contributed by atoms with van der Waals surface area (Å²) < 4.78 is 1.53. The quantitative estimate of drug-likeness (QED) is 0.556. The molecule has 0 spiro atoms. The predicted molar refractivity (Wildman–Crippen MR) is 92.6 cm³/mol. The average molecular weight is 428 g/mol. The summed E-state index contributed by atoms with van der Waals surface area (Å²) in [6.07, 6.45) is 8.83. The summed E-state index contributed by atoms with van der Waals surface area (Å²) in [5.41, 5.74) is 4.19. The van der Waals surface area contributed by atoms with E-state index in [0.29, 0.717) is 5.92 Å². The molecule has 0 N–H and O–H groups in total. The van der Waals surface area contributed by atoms with Crippen LogP contribution in [0.3, 0.4) is 0 Å². The third-order valence-electron chi connectivity index (χ3n) is 5.36. The van der Waals surface area contributed by atoms with Crippen molar-refractivity contribution < 1.29 is 22.0 Å². The van der Waals surface area contributed by atoms with Gasteiger partial charge in [-0.15, -0.1) is 0 Å². The van der Waals surface area contributed by atoms with Crippen molar-refractivity contribution in [1.82, 2.24) is 4.90 Å². The van der Waals surface area contributed by atoms with Gasteiger partial charge < -0.3 is 0 Å². The summed E-state index contributed by atoms with van der Waals surface area (Å²) in [4.78, 5) is 2.51. The van der Waals surface area contributed by atoms with Crippen LogP contribution in [0.25, 0.3) is 0 Å². The van der Waals surface area contributed by atoms with Gasteiger partial charge in [0.05, 0.1) is 0 Å². The summed E-state index contributed by atoms with van der Waals surface area (Å²) in [5, 5.41) is 4.42. The Bertz CT molecular complexity index is 727. The SMILES string of the molecule is CCCN1[C]([Zr][Cl])=C2C3C1=C(Cl)C(C1=CC=CC1)=C3[Si]2(C)C. The van der Waals surface area contributed by atoms with E-state index in [1.807, 2.05) is 0 Å². The molecule has 2 aliphatic heterocycles. The van der Waals surface area contributed by atoms with Gasteiger partial charge >= 0.3 is 154 Å². The number of hydrogen-bond donors (Lipinski definition) is 0. The van der Waals surface area contributed by atoms with E-state index < -0.39 is 30.1 Å². The maximum absolute atomic E-state index is 6.94. The van der Waals surface area contributed by atoms with Crippen molar-refractivity contribution in [2.24, 2.45) is 5.92 Å². The van der Waals surface area contributed by atoms with E-state index in [4.69, 9.17) is 20.1 Å². The zero-order valence-electron chi connectivity index (χ0n) is 13.1. The third kappa shape index (κ3) is 1.80. The monoisotopic (exact) mass is 425 g/mol. The zero-order chi connectivity index (χ0) is 15.6. The van der Waals surface area contributed by atoms with Crippen LogP contribution in [-0.2, 0) is 22.0 Å². The van der Waals surface area contributed by atoms with Crippen LogP contribution in [0.15, 0.2) is 53.9 Å². The molecule has 0 aromatic heterocycles. The first-order valence-corrected chi connectivity index (χ1v) is 15.7. The molecule has 114 valence electrons. The molecule has 4 aliphatic rings. The van der Waals surface area contributed by atoms with Gasteiger partial charge in [0.25, 0.3) is 0 Å². The van der Waals surface area contributed by atoms with E-state index in [2.05, 4.69) is 43.1 Å². The Labute approximate surface area is 153 Å². The van der Waals surface area contributed by atoms with Gasteiger partial charge in [-0.3, -0.25) is 0 Å². The fraction of sp³-hybridized carbons (Fsp3) is 0.412. The van der Waals surface area contributed by atoms with Gasteiger partial charge in [0.1, 0.15) is 0 Å². The molecular weight excluding hydrogens is 408 g/mol. The Morgan fingerprint density at radius 2 is 2.14 bits per heavy atom. The van der Waals surface area contributed by atoms with Crippen LogP contribution in [0.1, 0.15) is 19.8 Å². The van der Waals surface area contributed by atoms with Crippen LogP contribution < -0.4 is 0 Å². The van der Waals surface area contributed by atoms with Crippen molar-refractivity contribution in [3.63, 3.8) is 0 Å². The van der Waals surface area contributed by atoms with Gasteiger partial charge in [-0.1, -0.05) is 0 Å². The third-order valence-corrected chi connectivity index (χ3v) is 12.9. The minimum atomic E-state index is -1.51. The molecule has 0 saturated carbocycles. The topological polar surface area (TPSA) is 3.24 Å². The Morgan fingerprint density at radius 1 is 1.36 bits per heavy atom. The van der Waals surface area contributed by atoms with E-state index in [1.165, 1.54) is 20.2 Å². The fourth-order valence-electron chi connectivity index (χ4n) is 4.51. The van der Waals surface area contributed by atoms with E-state index >= 15 is 0 Å². The molecule has 0 amide bonds. The number of hydrogen-bond acceptors (Lipinski definition) is 1. The molecule has 22 heavy (non-hydrogen) atoms. The molecule has 1 atom stereocenters. The molecule has 4 rings (SSSR count). The molecule has 2 heterocycles. The molecule has 0 bridgehead atoms. The standard InChI is InChI=1S/C17H19ClNSi.ClH.Zr/c1-4-9-19-10-12-14-16(19)15(18)13(11-7-5-6-8-11)17(14)20(12,2)3;;/h5-7,14H,4,8-9H2,1-3H3;1H;/q;;+1/p-1. The number of nitrogens with zero attached hydrogens (tertiary/aromatic N) is 1. The summed E-state index contributed by atoms with van der Waals surface area (Å²) in [6, 6.07) is 0. The van der Waals surface area contributed by atoms with Crippen molar-refractivity contribution >= 4 is 28.2 Å². The summed E-state index contributed by atoms with van der Waals surface area (Å²) in [5.74, 6) is 0.506. The van der Waals surface area contributed by atoms with Crippen LogP contribution >= 0.6 is 20.1 Å². The van der Waals surface area contributed by atoms with Crippen molar-refractivity contribution in [1.29, 1.82) is 0 Å². The van der Waals surface area contributed by atoms with Gasteiger partial charge in [-0.25, -0.2) is 0 Å². The molecular formula is C17H19Cl2NSiZr. The Hall–Kier alpha value is 0.180. The van der Waals surface area contributed by atoms with Crippen LogP contribution in [0.2, 0.25) is 13.1 Å². The van der Waals surface area contributed by atoms with Gasteiger partial charge in [-0.05, 0) is 0 Å². The van der Waals surface area contributed by atoms with Gasteiger partial charge in [0.15, 0.2) is 0 Å². The van der Waals surface area contributed by atoms with E-state index in [-0.39, 0.29) is 0 Å². The van der Waals surface area contributed by atoms with E-state index in [9.17, 15) is 0 Å². The second-order valence-corrected chi connectivity index (χ2v) is 14.3. The van der Waals surface area contributed by atoms with Crippen LogP contribution in [0.4, 0.5) is 0 Å². The molecule has 2 aliphatic carbocycles. The molecule has 0 aromatic carbocycles. The maximum atomic E-state index is 6.94. The minimum absolute atomic E-state index is 0.506. The number of allylic oxidation sites excluding steroid dienone is 7. The zero-order valence-corrected chi connectivity index (χ0v) is 18.1. The first-order valence-electron chi connectivity index (χ1n) is 7.93. The van der Waals surface area contributed by atoms with Gasteiger partial charge in [-0.2, -0.15) is 0 Å². The first-order chi connectivity index (χ1) is 10.5. The number of rotatable bonds is 4. The van der Waals surface area contributed by atoms with Gasteiger partial charge in [0.2, 0.25) is 0 Å². The van der Waals surface area contributed by atoms with Gasteiger partial charge in [0, 0.05) is 0 Å². The number of halogens is 2. The Morgan fingerprint density at radius 3 is 2.73 bits per heavy atom. The molecule has 1 unspecified atom stereocenters. The summed E-state index contributed by atoms with van der Waals surface area (Å²) >= 11 is 5.97. The molecule has 0 aromatic rings. The molecule has 5 heteroatoms. The van der Waals surface area contributed by atoms with Crippen molar-refractivity contribution in [2.45, 2.75) is 32.9 Å². The summed E-state index contributed by atoms with van der Waals surface area (Å²) in [7, 11) is 4.98.